The van der Waals surface area contributed by atoms with Gasteiger partial charge in [-0.25, -0.2) is 8.42 Å². The second-order valence-electron chi connectivity index (χ2n) is 7.21. The van der Waals surface area contributed by atoms with Crippen LogP contribution in [0.1, 0.15) is 19.4 Å². The van der Waals surface area contributed by atoms with Crippen LogP contribution in [0, 0.1) is 0 Å². The standard InChI is InChI=1S/C21H23Cl4N3O4S/c1-4-26-21(30)13(2)27(11-14-5-7-16(22)18(24)9-14)20(29)12-28(33(3,31)32)15-6-8-17(23)19(25)10-15/h5-10,13H,4,11-12H2,1-3H3,(H,26,30). The molecule has 1 N–H and O–H groups in total. The number of rotatable bonds is 9. The fourth-order valence-corrected chi connectivity index (χ4v) is 4.45. The highest BCUT2D eigenvalue weighted by Gasteiger charge is 2.30. The van der Waals surface area contributed by atoms with Crippen molar-refractivity contribution in [2.45, 2.75) is 26.4 Å². The van der Waals surface area contributed by atoms with Gasteiger partial charge in [0.25, 0.3) is 0 Å². The third-order valence-electron chi connectivity index (χ3n) is 4.73. The van der Waals surface area contributed by atoms with Crippen molar-refractivity contribution in [1.82, 2.24) is 10.2 Å². The van der Waals surface area contributed by atoms with E-state index in [1.54, 1.807) is 32.0 Å². The Balaban J connectivity index is 2.42. The Hall–Kier alpha value is -1.71. The first-order valence-corrected chi connectivity index (χ1v) is 13.1. The number of hydrogen-bond donors (Lipinski definition) is 1. The number of anilines is 1. The van der Waals surface area contributed by atoms with Gasteiger partial charge in [-0.1, -0.05) is 52.5 Å². The second-order valence-corrected chi connectivity index (χ2v) is 10.7. The van der Waals surface area contributed by atoms with Crippen LogP contribution in [0.4, 0.5) is 5.69 Å². The quantitative estimate of drug-likeness (QED) is 0.490. The summed E-state index contributed by atoms with van der Waals surface area (Å²) in [5, 5.41) is 3.69. The molecule has 0 heterocycles. The number of carbonyl (C=O) groups is 2. The molecule has 2 rings (SSSR count). The Morgan fingerprint density at radius 3 is 2.06 bits per heavy atom. The van der Waals surface area contributed by atoms with Crippen LogP contribution in [0.5, 0.6) is 0 Å². The van der Waals surface area contributed by atoms with E-state index in [0.717, 1.165) is 10.6 Å². The van der Waals surface area contributed by atoms with Crippen molar-refractivity contribution in [3.05, 3.63) is 62.1 Å². The van der Waals surface area contributed by atoms with Gasteiger partial charge in [-0.3, -0.25) is 13.9 Å². The molecule has 0 saturated heterocycles. The number of nitrogens with zero attached hydrogens (tertiary/aromatic N) is 2. The second kappa shape index (κ2) is 11.6. The fraction of sp³-hybridized carbons (Fsp3) is 0.333. The first-order valence-electron chi connectivity index (χ1n) is 9.79. The minimum atomic E-state index is -3.87. The van der Waals surface area contributed by atoms with Crippen molar-refractivity contribution in [3.63, 3.8) is 0 Å². The largest absolute Gasteiger partial charge is 0.355 e. The number of likely N-dealkylation sites (N-methyl/N-ethyl adjacent to an activating group) is 1. The number of hydrogen-bond acceptors (Lipinski definition) is 4. The molecule has 12 heteroatoms. The first kappa shape index (κ1) is 27.5. The zero-order valence-corrected chi connectivity index (χ0v) is 22.0. The summed E-state index contributed by atoms with van der Waals surface area (Å²) >= 11 is 24.0. The van der Waals surface area contributed by atoms with Crippen molar-refractivity contribution in [1.29, 1.82) is 0 Å². The van der Waals surface area contributed by atoms with Crippen LogP contribution >= 0.6 is 46.4 Å². The molecule has 0 aliphatic carbocycles. The van der Waals surface area contributed by atoms with Crippen molar-refractivity contribution in [2.75, 3.05) is 23.7 Å². The predicted octanol–water partition coefficient (Wildman–Crippen LogP) is 4.62. The molecule has 33 heavy (non-hydrogen) atoms. The van der Waals surface area contributed by atoms with Gasteiger partial charge in [0.05, 0.1) is 32.0 Å². The van der Waals surface area contributed by atoms with Gasteiger partial charge in [-0.2, -0.15) is 0 Å². The molecule has 0 spiro atoms. The van der Waals surface area contributed by atoms with E-state index in [1.807, 2.05) is 0 Å². The average Bonchev–Trinajstić information content (AvgIpc) is 2.73. The Morgan fingerprint density at radius 2 is 1.55 bits per heavy atom. The van der Waals surface area contributed by atoms with Gasteiger partial charge in [0.1, 0.15) is 12.6 Å². The lowest BCUT2D eigenvalue weighted by molar-refractivity contribution is -0.139. The smallest absolute Gasteiger partial charge is 0.244 e. The summed E-state index contributed by atoms with van der Waals surface area (Å²) in [6.07, 6.45) is 0.972. The highest BCUT2D eigenvalue weighted by molar-refractivity contribution is 7.92. The zero-order valence-electron chi connectivity index (χ0n) is 18.1. The van der Waals surface area contributed by atoms with E-state index >= 15 is 0 Å². The van der Waals surface area contributed by atoms with Crippen LogP contribution < -0.4 is 9.62 Å². The van der Waals surface area contributed by atoms with E-state index in [2.05, 4.69) is 5.32 Å². The minimum absolute atomic E-state index is 0.00694. The molecule has 1 atom stereocenters. The third kappa shape index (κ3) is 7.39. The van der Waals surface area contributed by atoms with Gasteiger partial charge in [-0.15, -0.1) is 0 Å². The van der Waals surface area contributed by atoms with Crippen LogP contribution in [0.2, 0.25) is 20.1 Å². The maximum atomic E-state index is 13.4. The van der Waals surface area contributed by atoms with Gasteiger partial charge in [0.15, 0.2) is 0 Å². The maximum absolute atomic E-state index is 13.4. The number of halogens is 4. The molecule has 0 radical (unpaired) electrons. The van der Waals surface area contributed by atoms with E-state index in [9.17, 15) is 18.0 Å². The molecule has 0 bridgehead atoms. The molecule has 2 aromatic rings. The van der Waals surface area contributed by atoms with Gasteiger partial charge in [-0.05, 0) is 49.7 Å². The molecule has 0 aromatic heterocycles. The number of sulfonamides is 1. The molecule has 2 aromatic carbocycles. The van der Waals surface area contributed by atoms with Crippen LogP contribution in [0.15, 0.2) is 36.4 Å². The highest BCUT2D eigenvalue weighted by atomic mass is 35.5. The molecule has 0 fully saturated rings. The summed E-state index contributed by atoms with van der Waals surface area (Å²) in [5.74, 6) is -0.984. The summed E-state index contributed by atoms with van der Waals surface area (Å²) in [4.78, 5) is 27.2. The monoisotopic (exact) mass is 553 g/mol. The van der Waals surface area contributed by atoms with Gasteiger partial charge >= 0.3 is 0 Å². The zero-order chi connectivity index (χ0) is 24.9. The SMILES string of the molecule is CCNC(=O)C(C)N(Cc1ccc(Cl)c(Cl)c1)C(=O)CN(c1ccc(Cl)c(Cl)c1)S(C)(=O)=O. The van der Waals surface area contributed by atoms with Crippen LogP contribution in [0.25, 0.3) is 0 Å². The van der Waals surface area contributed by atoms with Gasteiger partial charge in [0.2, 0.25) is 21.8 Å². The molecule has 180 valence electrons. The normalized spacial score (nSPS) is 12.2. The van der Waals surface area contributed by atoms with Crippen molar-refractivity contribution < 1.29 is 18.0 Å². The number of amides is 2. The predicted molar refractivity (Wildman–Crippen MR) is 134 cm³/mol. The topological polar surface area (TPSA) is 86.8 Å². The summed E-state index contributed by atoms with van der Waals surface area (Å²) in [5.41, 5.74) is 0.787. The molecule has 2 amide bonds. The fourth-order valence-electron chi connectivity index (χ4n) is 2.99. The Labute approximate surface area is 213 Å². The molecular weight excluding hydrogens is 532 g/mol. The minimum Gasteiger partial charge on any atom is -0.355 e. The lowest BCUT2D eigenvalue weighted by Crippen LogP contribution is -2.51. The van der Waals surface area contributed by atoms with Crippen LogP contribution in [0.3, 0.4) is 0 Å². The Morgan fingerprint density at radius 1 is 0.970 bits per heavy atom. The molecule has 0 aliphatic rings. The van der Waals surface area contributed by atoms with E-state index < -0.39 is 28.5 Å². The van der Waals surface area contributed by atoms with Crippen LogP contribution in [-0.4, -0.2) is 50.5 Å². The first-order chi connectivity index (χ1) is 15.3. The van der Waals surface area contributed by atoms with E-state index in [1.165, 1.54) is 23.1 Å². The maximum Gasteiger partial charge on any atom is 0.244 e. The summed E-state index contributed by atoms with van der Waals surface area (Å²) in [7, 11) is -3.87. The van der Waals surface area contributed by atoms with E-state index in [-0.39, 0.29) is 28.2 Å². The molecule has 0 saturated carbocycles. The Bertz CT molecular complexity index is 1140. The van der Waals surface area contributed by atoms with Crippen molar-refractivity contribution in [3.8, 4) is 0 Å². The molecule has 7 nitrogen and oxygen atoms in total. The molecular formula is C21H23Cl4N3O4S. The number of nitrogens with one attached hydrogen (secondary N) is 1. The molecule has 0 aliphatic heterocycles. The Kier molecular flexibility index (Phi) is 9.70. The van der Waals surface area contributed by atoms with Crippen molar-refractivity contribution in [2.24, 2.45) is 0 Å². The van der Waals surface area contributed by atoms with E-state index in [4.69, 9.17) is 46.4 Å². The lowest BCUT2D eigenvalue weighted by Gasteiger charge is -2.31. The lowest BCUT2D eigenvalue weighted by atomic mass is 10.1. The third-order valence-corrected chi connectivity index (χ3v) is 7.34. The van der Waals surface area contributed by atoms with Crippen molar-refractivity contribution >= 4 is 73.9 Å². The number of carbonyl (C=O) groups excluding carboxylic acids is 2. The highest BCUT2D eigenvalue weighted by Crippen LogP contribution is 2.29. The summed E-state index contributed by atoms with van der Waals surface area (Å²) in [6.45, 7) is 3.14. The van der Waals surface area contributed by atoms with Gasteiger partial charge in [0, 0.05) is 13.1 Å². The average molecular weight is 555 g/mol. The summed E-state index contributed by atoms with van der Waals surface area (Å²) < 4.78 is 25.9. The number of benzene rings is 2. The molecule has 1 unspecified atom stereocenters. The van der Waals surface area contributed by atoms with Gasteiger partial charge < -0.3 is 10.2 Å². The summed E-state index contributed by atoms with van der Waals surface area (Å²) in [6, 6.07) is 8.19. The van der Waals surface area contributed by atoms with E-state index in [0.29, 0.717) is 22.2 Å². The van der Waals surface area contributed by atoms with Crippen LogP contribution in [-0.2, 0) is 26.2 Å².